The van der Waals surface area contributed by atoms with E-state index in [4.69, 9.17) is 4.74 Å². The molecule has 192 valence electrons. The summed E-state index contributed by atoms with van der Waals surface area (Å²) in [6, 6.07) is 5.72. The van der Waals surface area contributed by atoms with Crippen LogP contribution in [0.3, 0.4) is 0 Å². The zero-order valence-electron chi connectivity index (χ0n) is 20.7. The molecule has 0 spiro atoms. The minimum absolute atomic E-state index is 0.0101. The number of ether oxygens (including phenoxy) is 1. The Morgan fingerprint density at radius 3 is 2.54 bits per heavy atom. The lowest BCUT2D eigenvalue weighted by atomic mass is 10.0. The number of rotatable bonds is 10. The van der Waals surface area contributed by atoms with Crippen molar-refractivity contribution >= 4 is 49.4 Å². The summed E-state index contributed by atoms with van der Waals surface area (Å²) in [5.74, 6) is -1.42. The number of hydrogen-bond acceptors (Lipinski definition) is 7. The maximum atomic E-state index is 13.8. The number of carbonyl (C=O) groups excluding carboxylic acids is 3. The summed E-state index contributed by atoms with van der Waals surface area (Å²) in [5, 5.41) is 5.31. The molecule has 35 heavy (non-hydrogen) atoms. The van der Waals surface area contributed by atoms with Gasteiger partial charge in [-0.3, -0.25) is 14.5 Å². The third-order valence-electron chi connectivity index (χ3n) is 5.43. The summed E-state index contributed by atoms with van der Waals surface area (Å²) >= 11 is 1.57. The van der Waals surface area contributed by atoms with Gasteiger partial charge < -0.3 is 10.1 Å². The summed E-state index contributed by atoms with van der Waals surface area (Å²) in [7, 11) is -4.03. The van der Waals surface area contributed by atoms with Gasteiger partial charge in [0.15, 0.2) is 0 Å². The van der Waals surface area contributed by atoms with Crippen LogP contribution in [-0.2, 0) is 30.1 Å². The second-order valence-electron chi connectivity index (χ2n) is 10.0. The van der Waals surface area contributed by atoms with Crippen LogP contribution in [0.1, 0.15) is 46.6 Å². The highest BCUT2D eigenvalue weighted by Gasteiger charge is 2.39. The van der Waals surface area contributed by atoms with Crippen LogP contribution < -0.4 is 5.32 Å². The summed E-state index contributed by atoms with van der Waals surface area (Å²) in [6.07, 6.45) is 0.234. The second-order valence-corrected chi connectivity index (χ2v) is 12.9. The normalized spacial score (nSPS) is 15.8. The zero-order valence-corrected chi connectivity index (χ0v) is 22.4. The Bertz CT molecular complexity index is 1180. The summed E-state index contributed by atoms with van der Waals surface area (Å²) in [6.45, 7) is 8.45. The number of nitrogens with zero attached hydrogens (tertiary/aromatic N) is 2. The molecule has 0 saturated carbocycles. The molecule has 1 atom stereocenters. The van der Waals surface area contributed by atoms with Gasteiger partial charge in [0.1, 0.15) is 11.6 Å². The maximum Gasteiger partial charge on any atom is 0.324 e. The monoisotopic (exact) mass is 523 g/mol. The fraction of sp³-hybridized carbons (Fsp3) is 0.542. The molecule has 1 aliphatic heterocycles. The Balaban J connectivity index is 1.95. The van der Waals surface area contributed by atoms with Crippen molar-refractivity contribution in [3.8, 4) is 0 Å². The lowest BCUT2D eigenvalue weighted by molar-refractivity contribution is -0.160. The molecule has 0 unspecified atom stereocenters. The van der Waals surface area contributed by atoms with Crippen LogP contribution in [0.15, 0.2) is 29.6 Å². The number of carbonyl (C=O) groups is 3. The molecule has 1 saturated heterocycles. The van der Waals surface area contributed by atoms with Gasteiger partial charge in [0, 0.05) is 17.8 Å². The van der Waals surface area contributed by atoms with Crippen molar-refractivity contribution in [1.82, 2.24) is 14.5 Å². The molecule has 1 fully saturated rings. The summed E-state index contributed by atoms with van der Waals surface area (Å²) < 4.78 is 35.2. The van der Waals surface area contributed by atoms with E-state index in [-0.39, 0.29) is 37.7 Å². The molecule has 3 amide bonds. The summed E-state index contributed by atoms with van der Waals surface area (Å²) in [4.78, 5) is 38.3. The van der Waals surface area contributed by atoms with Gasteiger partial charge in [-0.05, 0) is 67.6 Å². The van der Waals surface area contributed by atoms with Gasteiger partial charge in [-0.1, -0.05) is 19.9 Å². The number of hydrogen-bond donors (Lipinski definition) is 1. The topological polar surface area (TPSA) is 113 Å². The number of imide groups is 1. The van der Waals surface area contributed by atoms with E-state index < -0.39 is 39.6 Å². The Hall–Kier alpha value is -2.50. The minimum Gasteiger partial charge on any atom is -0.459 e. The van der Waals surface area contributed by atoms with Gasteiger partial charge in [0.25, 0.3) is 0 Å². The van der Waals surface area contributed by atoms with Crippen LogP contribution in [0.4, 0.5) is 4.79 Å². The number of thiophene rings is 1. The van der Waals surface area contributed by atoms with Crippen LogP contribution in [0.5, 0.6) is 0 Å². The second kappa shape index (κ2) is 10.6. The first-order valence-corrected chi connectivity index (χ1v) is 14.0. The fourth-order valence-corrected chi connectivity index (χ4v) is 6.37. The number of benzene rings is 1. The van der Waals surface area contributed by atoms with E-state index in [0.717, 1.165) is 19.3 Å². The number of esters is 1. The highest BCUT2D eigenvalue weighted by Crippen LogP contribution is 2.26. The molecule has 2 heterocycles. The molecule has 0 radical (unpaired) electrons. The highest BCUT2D eigenvalue weighted by molar-refractivity contribution is 7.88. The summed E-state index contributed by atoms with van der Waals surface area (Å²) in [5.41, 5.74) is -0.223. The van der Waals surface area contributed by atoms with Crippen LogP contribution >= 0.6 is 11.3 Å². The van der Waals surface area contributed by atoms with Crippen molar-refractivity contribution in [2.75, 3.05) is 19.6 Å². The van der Waals surface area contributed by atoms with E-state index in [1.54, 1.807) is 38.2 Å². The fourth-order valence-electron chi connectivity index (χ4n) is 3.92. The minimum atomic E-state index is -4.03. The van der Waals surface area contributed by atoms with E-state index in [2.05, 4.69) is 5.32 Å². The van der Waals surface area contributed by atoms with Crippen molar-refractivity contribution in [2.45, 2.75) is 58.4 Å². The largest absolute Gasteiger partial charge is 0.459 e. The zero-order chi connectivity index (χ0) is 26.0. The number of fused-ring (bicyclic) bond motifs is 1. The first kappa shape index (κ1) is 27.1. The molecule has 0 bridgehead atoms. The maximum absolute atomic E-state index is 13.8. The highest BCUT2D eigenvalue weighted by atomic mass is 32.2. The van der Waals surface area contributed by atoms with Gasteiger partial charge in [-0.25, -0.2) is 13.2 Å². The Labute approximate surface area is 210 Å². The molecule has 2 aromatic rings. The predicted octanol–water partition coefficient (Wildman–Crippen LogP) is 3.34. The van der Waals surface area contributed by atoms with Gasteiger partial charge >= 0.3 is 12.0 Å². The number of sulfonamides is 1. The molecule has 1 N–H and O–H groups in total. The van der Waals surface area contributed by atoms with Gasteiger partial charge in [0.2, 0.25) is 15.9 Å². The first-order valence-electron chi connectivity index (χ1n) is 11.5. The number of amides is 3. The van der Waals surface area contributed by atoms with Crippen LogP contribution in [-0.4, -0.2) is 66.8 Å². The molecule has 1 aromatic carbocycles. The van der Waals surface area contributed by atoms with Gasteiger partial charge in [0.05, 0.1) is 12.3 Å². The van der Waals surface area contributed by atoms with Crippen molar-refractivity contribution in [2.24, 2.45) is 5.92 Å². The average molecular weight is 524 g/mol. The van der Waals surface area contributed by atoms with Crippen molar-refractivity contribution < 1.29 is 27.5 Å². The Kier molecular flexibility index (Phi) is 8.23. The molecular formula is C24H33N3O6S2. The predicted molar refractivity (Wildman–Crippen MR) is 135 cm³/mol. The van der Waals surface area contributed by atoms with Crippen LogP contribution in [0.25, 0.3) is 10.1 Å². The molecular weight excluding hydrogens is 490 g/mol. The molecule has 1 aliphatic rings. The SMILES string of the molecule is CC(C)C[C@H](C(=O)OC(C)(C)C)N(CCN1C(=O)CNC1=O)S(=O)(=O)Cc1ccc2sccc2c1. The lowest BCUT2D eigenvalue weighted by Crippen LogP contribution is -2.51. The standard InChI is InChI=1S/C24H33N3O6S2/c1-16(2)12-19(22(29)33-24(3,4)5)27(10-9-26-21(28)14-25-23(26)30)35(31,32)15-17-6-7-20-18(13-17)8-11-34-20/h6-8,11,13,16,19H,9-10,12,14-15H2,1-5H3,(H,25,30)/t19-/m1/s1. The van der Waals surface area contributed by atoms with Crippen molar-refractivity contribution in [3.63, 3.8) is 0 Å². The van der Waals surface area contributed by atoms with Crippen LogP contribution in [0, 0.1) is 5.92 Å². The quantitative estimate of drug-likeness (QED) is 0.378. The molecule has 11 heteroatoms. The molecule has 0 aliphatic carbocycles. The van der Waals surface area contributed by atoms with Gasteiger partial charge in [-0.15, -0.1) is 11.3 Å². The third-order valence-corrected chi connectivity index (χ3v) is 8.17. The average Bonchev–Trinajstić information content (AvgIpc) is 3.31. The van der Waals surface area contributed by atoms with E-state index in [9.17, 15) is 22.8 Å². The number of nitrogens with one attached hydrogen (secondary N) is 1. The van der Waals surface area contributed by atoms with E-state index >= 15 is 0 Å². The van der Waals surface area contributed by atoms with E-state index in [1.165, 1.54) is 0 Å². The molecule has 9 nitrogen and oxygen atoms in total. The van der Waals surface area contributed by atoms with Gasteiger partial charge in [-0.2, -0.15) is 4.31 Å². The third kappa shape index (κ3) is 7.02. The Morgan fingerprint density at radius 2 is 1.94 bits per heavy atom. The molecule has 3 rings (SSSR count). The first-order chi connectivity index (χ1) is 16.3. The Morgan fingerprint density at radius 1 is 1.23 bits per heavy atom. The van der Waals surface area contributed by atoms with Crippen molar-refractivity contribution in [1.29, 1.82) is 0 Å². The molecule has 1 aromatic heterocycles. The van der Waals surface area contributed by atoms with E-state index in [0.29, 0.717) is 5.56 Å². The van der Waals surface area contributed by atoms with Crippen molar-refractivity contribution in [3.05, 3.63) is 35.2 Å². The smallest absolute Gasteiger partial charge is 0.324 e. The number of urea groups is 1. The van der Waals surface area contributed by atoms with E-state index in [1.807, 2.05) is 37.4 Å². The van der Waals surface area contributed by atoms with Crippen LogP contribution in [0.2, 0.25) is 0 Å². The lowest BCUT2D eigenvalue weighted by Gasteiger charge is -2.33.